The van der Waals surface area contributed by atoms with Crippen molar-refractivity contribution in [2.75, 3.05) is 5.43 Å². The van der Waals surface area contributed by atoms with Crippen LogP contribution in [0.5, 0.6) is 0 Å². The first-order valence-electron chi connectivity index (χ1n) is 6.96. The molecule has 1 unspecified atom stereocenters. The molecule has 3 N–H and O–H groups in total. The molecule has 0 saturated heterocycles. The Kier molecular flexibility index (Phi) is 6.59. The zero-order valence-electron chi connectivity index (χ0n) is 12.7. The molecule has 0 aliphatic carbocycles. The molecule has 0 radical (unpaired) electrons. The summed E-state index contributed by atoms with van der Waals surface area (Å²) in [6.07, 6.45) is 1.92. The van der Waals surface area contributed by atoms with E-state index in [2.05, 4.69) is 24.7 Å². The minimum atomic E-state index is 0.550. The minimum Gasteiger partial charge on any atom is -0.305 e. The number of allylic oxidation sites excluding steroid dienone is 2. The summed E-state index contributed by atoms with van der Waals surface area (Å²) in [6.45, 7) is 8.29. The third-order valence-corrected chi connectivity index (χ3v) is 3.76. The van der Waals surface area contributed by atoms with Crippen LogP contribution in [0.15, 0.2) is 35.5 Å². The maximum absolute atomic E-state index is 8.13. The van der Waals surface area contributed by atoms with Crippen molar-refractivity contribution in [2.45, 2.75) is 40.5 Å². The van der Waals surface area contributed by atoms with Crippen molar-refractivity contribution in [1.29, 1.82) is 5.41 Å². The van der Waals surface area contributed by atoms with E-state index in [4.69, 9.17) is 17.0 Å². The van der Waals surface area contributed by atoms with Crippen LogP contribution < -0.4 is 10.9 Å². The first kappa shape index (κ1) is 16.6. The molecule has 4 heteroatoms. The molecule has 3 nitrogen and oxygen atoms in total. The van der Waals surface area contributed by atoms with Gasteiger partial charge in [0.05, 0.1) is 5.69 Å². The second-order valence-corrected chi connectivity index (χ2v) is 5.64. The molecule has 1 rings (SSSR count). The number of hydrazine groups is 1. The van der Waals surface area contributed by atoms with Gasteiger partial charge < -0.3 is 16.3 Å². The summed E-state index contributed by atoms with van der Waals surface area (Å²) in [6, 6.07) is 7.48. The third-order valence-electron chi connectivity index (χ3n) is 3.50. The lowest BCUT2D eigenvalue weighted by Gasteiger charge is -2.15. The fourth-order valence-electron chi connectivity index (χ4n) is 1.67. The molecular formula is C16H24ClN3. The summed E-state index contributed by atoms with van der Waals surface area (Å²) in [5.41, 5.74) is 9.84. The predicted octanol–water partition coefficient (Wildman–Crippen LogP) is 5.01. The molecule has 0 fully saturated rings. The van der Waals surface area contributed by atoms with E-state index in [0.29, 0.717) is 16.7 Å². The van der Waals surface area contributed by atoms with Crippen LogP contribution in [-0.4, -0.2) is 5.71 Å². The van der Waals surface area contributed by atoms with Crippen molar-refractivity contribution in [3.8, 4) is 0 Å². The Morgan fingerprint density at radius 1 is 1.25 bits per heavy atom. The van der Waals surface area contributed by atoms with Crippen molar-refractivity contribution in [3.05, 3.63) is 40.6 Å². The second kappa shape index (κ2) is 7.95. The van der Waals surface area contributed by atoms with E-state index in [1.807, 2.05) is 38.1 Å². The van der Waals surface area contributed by atoms with Crippen LogP contribution in [0.25, 0.3) is 0 Å². The van der Waals surface area contributed by atoms with E-state index in [1.54, 1.807) is 0 Å². The fourth-order valence-corrected chi connectivity index (χ4v) is 1.79. The number of hydrogen-bond acceptors (Lipinski definition) is 3. The Hall–Kier alpha value is -1.48. The van der Waals surface area contributed by atoms with Gasteiger partial charge in [-0.3, -0.25) is 0 Å². The van der Waals surface area contributed by atoms with Crippen LogP contribution >= 0.6 is 11.6 Å². The quantitative estimate of drug-likeness (QED) is 0.489. The van der Waals surface area contributed by atoms with E-state index in [1.165, 1.54) is 0 Å². The summed E-state index contributed by atoms with van der Waals surface area (Å²) in [4.78, 5) is 0. The molecule has 0 saturated carbocycles. The topological polar surface area (TPSA) is 47.9 Å². The summed E-state index contributed by atoms with van der Waals surface area (Å²) >= 11 is 5.84. The van der Waals surface area contributed by atoms with Crippen LogP contribution in [0.4, 0.5) is 5.69 Å². The van der Waals surface area contributed by atoms with E-state index in [9.17, 15) is 0 Å². The Morgan fingerprint density at radius 3 is 2.40 bits per heavy atom. The molecule has 0 aliphatic heterocycles. The Bertz CT molecular complexity index is 477. The molecule has 1 atom stereocenters. The van der Waals surface area contributed by atoms with Gasteiger partial charge in [0.2, 0.25) is 0 Å². The van der Waals surface area contributed by atoms with E-state index >= 15 is 0 Å². The van der Waals surface area contributed by atoms with Crippen LogP contribution in [0, 0.1) is 11.3 Å². The fraction of sp³-hybridized carbons (Fsp3) is 0.438. The highest BCUT2D eigenvalue weighted by atomic mass is 35.5. The molecule has 0 aliphatic rings. The average molecular weight is 294 g/mol. The molecule has 110 valence electrons. The Balaban J connectivity index is 2.59. The minimum absolute atomic E-state index is 0.550. The van der Waals surface area contributed by atoms with Crippen molar-refractivity contribution in [1.82, 2.24) is 5.43 Å². The standard InChI is InChI=1S/C16H24ClN3/c1-5-11(2)10-16(18)12(3)13(4)19-20-15-8-6-14(17)7-9-15/h6-9,11,18-20H,5,10H2,1-4H3. The van der Waals surface area contributed by atoms with Gasteiger partial charge in [-0.05, 0) is 56.0 Å². The molecule has 0 bridgehead atoms. The van der Waals surface area contributed by atoms with E-state index < -0.39 is 0 Å². The number of benzene rings is 1. The lowest BCUT2D eigenvalue weighted by atomic mass is 9.97. The highest BCUT2D eigenvalue weighted by molar-refractivity contribution is 6.30. The lowest BCUT2D eigenvalue weighted by molar-refractivity contribution is 0.585. The summed E-state index contributed by atoms with van der Waals surface area (Å²) in [5.74, 6) is 0.550. The second-order valence-electron chi connectivity index (χ2n) is 5.20. The van der Waals surface area contributed by atoms with Gasteiger partial charge in [-0.25, -0.2) is 0 Å². The van der Waals surface area contributed by atoms with Crippen LogP contribution in [0.3, 0.4) is 0 Å². The monoisotopic (exact) mass is 293 g/mol. The largest absolute Gasteiger partial charge is 0.305 e. The van der Waals surface area contributed by atoms with Crippen molar-refractivity contribution in [3.63, 3.8) is 0 Å². The molecule has 1 aromatic carbocycles. The van der Waals surface area contributed by atoms with Gasteiger partial charge in [-0.2, -0.15) is 0 Å². The number of nitrogens with one attached hydrogen (secondary N) is 3. The van der Waals surface area contributed by atoms with Gasteiger partial charge in [0, 0.05) is 16.4 Å². The SMILES string of the molecule is CCC(C)CC(=N)C(C)=C(C)NNc1ccc(Cl)cc1. The Morgan fingerprint density at radius 2 is 1.85 bits per heavy atom. The number of hydrogen-bond donors (Lipinski definition) is 3. The van der Waals surface area contributed by atoms with Gasteiger partial charge in [-0.15, -0.1) is 0 Å². The number of halogens is 1. The van der Waals surface area contributed by atoms with Crippen LogP contribution in [0.2, 0.25) is 5.02 Å². The highest BCUT2D eigenvalue weighted by Crippen LogP contribution is 2.15. The predicted molar refractivity (Wildman–Crippen MR) is 88.4 cm³/mol. The summed E-state index contributed by atoms with van der Waals surface area (Å²) < 4.78 is 0. The summed E-state index contributed by atoms with van der Waals surface area (Å²) in [5, 5.41) is 8.84. The first-order chi connectivity index (χ1) is 9.43. The number of rotatable bonds is 7. The zero-order valence-corrected chi connectivity index (χ0v) is 13.4. The van der Waals surface area contributed by atoms with E-state index in [-0.39, 0.29) is 0 Å². The van der Waals surface area contributed by atoms with Crippen LogP contribution in [-0.2, 0) is 0 Å². The molecular weight excluding hydrogens is 270 g/mol. The lowest BCUT2D eigenvalue weighted by Crippen LogP contribution is -2.22. The smallest absolute Gasteiger partial charge is 0.0540 e. The van der Waals surface area contributed by atoms with Gasteiger partial charge in [-0.1, -0.05) is 31.9 Å². The normalized spacial score (nSPS) is 13.4. The van der Waals surface area contributed by atoms with Crippen molar-refractivity contribution in [2.24, 2.45) is 5.92 Å². The van der Waals surface area contributed by atoms with Gasteiger partial charge in [0.1, 0.15) is 0 Å². The maximum Gasteiger partial charge on any atom is 0.0540 e. The average Bonchev–Trinajstić information content (AvgIpc) is 2.45. The molecule has 0 aromatic heterocycles. The molecule has 0 spiro atoms. The Labute approximate surface area is 126 Å². The van der Waals surface area contributed by atoms with Gasteiger partial charge >= 0.3 is 0 Å². The zero-order chi connectivity index (χ0) is 15.1. The van der Waals surface area contributed by atoms with Gasteiger partial charge in [0.25, 0.3) is 0 Å². The molecule has 1 aromatic rings. The van der Waals surface area contributed by atoms with Crippen molar-refractivity contribution >= 4 is 23.0 Å². The molecule has 20 heavy (non-hydrogen) atoms. The summed E-state index contributed by atoms with van der Waals surface area (Å²) in [7, 11) is 0. The van der Waals surface area contributed by atoms with Crippen molar-refractivity contribution < 1.29 is 0 Å². The molecule has 0 heterocycles. The van der Waals surface area contributed by atoms with Crippen LogP contribution in [0.1, 0.15) is 40.5 Å². The maximum atomic E-state index is 8.13. The first-order valence-corrected chi connectivity index (χ1v) is 7.34. The molecule has 0 amide bonds. The van der Waals surface area contributed by atoms with Gasteiger partial charge in [0.15, 0.2) is 0 Å². The number of anilines is 1. The highest BCUT2D eigenvalue weighted by Gasteiger charge is 2.08. The van der Waals surface area contributed by atoms with E-state index in [0.717, 1.165) is 29.8 Å². The third kappa shape index (κ3) is 5.25.